The van der Waals surface area contributed by atoms with E-state index in [0.717, 1.165) is 5.52 Å². The average molecular weight is 259 g/mol. The van der Waals surface area contributed by atoms with Crippen molar-refractivity contribution in [2.75, 3.05) is 18.5 Å². The molecule has 0 saturated heterocycles. The van der Waals surface area contributed by atoms with Gasteiger partial charge in [-0.25, -0.2) is 9.78 Å². The number of terminal acetylenes is 1. The third-order valence-corrected chi connectivity index (χ3v) is 2.27. The molecule has 0 aliphatic heterocycles. The molecule has 6 heteroatoms. The van der Waals surface area contributed by atoms with Gasteiger partial charge < -0.3 is 14.5 Å². The number of anilines is 1. The molecule has 0 bridgehead atoms. The van der Waals surface area contributed by atoms with Crippen LogP contribution in [0.5, 0.6) is 5.75 Å². The van der Waals surface area contributed by atoms with Gasteiger partial charge in [0.25, 0.3) is 0 Å². The molecule has 1 heterocycles. The number of H-pyrrole nitrogens is 1. The van der Waals surface area contributed by atoms with E-state index < -0.39 is 6.09 Å². The fourth-order valence-corrected chi connectivity index (χ4v) is 1.53. The summed E-state index contributed by atoms with van der Waals surface area (Å²) in [4.78, 5) is 18.4. The van der Waals surface area contributed by atoms with E-state index in [1.807, 2.05) is 0 Å². The van der Waals surface area contributed by atoms with Crippen LogP contribution >= 0.6 is 0 Å². The Labute approximate surface area is 110 Å². The number of hydrogen-bond donors (Lipinski definition) is 2. The number of hydrogen-bond acceptors (Lipinski definition) is 4. The Morgan fingerprint density at radius 2 is 2.42 bits per heavy atom. The van der Waals surface area contributed by atoms with Gasteiger partial charge in [0.05, 0.1) is 17.6 Å². The van der Waals surface area contributed by atoms with Crippen molar-refractivity contribution >= 4 is 23.1 Å². The summed E-state index contributed by atoms with van der Waals surface area (Å²) in [5, 5.41) is 2.49. The van der Waals surface area contributed by atoms with Crippen molar-refractivity contribution in [2.45, 2.75) is 6.92 Å². The lowest BCUT2D eigenvalue weighted by molar-refractivity contribution is 0.167. The highest BCUT2D eigenvalue weighted by atomic mass is 16.5. The van der Waals surface area contributed by atoms with E-state index in [4.69, 9.17) is 15.9 Å². The van der Waals surface area contributed by atoms with Crippen LogP contribution in [0.15, 0.2) is 18.2 Å². The lowest BCUT2D eigenvalue weighted by Gasteiger charge is -2.00. The second-order valence-electron chi connectivity index (χ2n) is 3.60. The van der Waals surface area contributed by atoms with E-state index in [1.54, 1.807) is 25.1 Å². The maximum absolute atomic E-state index is 11.3. The summed E-state index contributed by atoms with van der Waals surface area (Å²) in [5.41, 5.74) is 1.45. The van der Waals surface area contributed by atoms with E-state index in [0.29, 0.717) is 23.8 Å². The molecule has 0 aliphatic carbocycles. The Hall–Kier alpha value is -2.68. The lowest BCUT2D eigenvalue weighted by Crippen LogP contribution is -2.14. The maximum atomic E-state index is 11.3. The van der Waals surface area contributed by atoms with E-state index in [1.165, 1.54) is 0 Å². The molecule has 19 heavy (non-hydrogen) atoms. The SMILES string of the molecule is C#CCOc1ccc2nc(NC(=O)OCC)[nH]c2c1. The summed E-state index contributed by atoms with van der Waals surface area (Å²) in [7, 11) is 0. The largest absolute Gasteiger partial charge is 0.481 e. The molecule has 0 radical (unpaired) electrons. The van der Waals surface area contributed by atoms with Gasteiger partial charge in [0, 0.05) is 6.07 Å². The predicted molar refractivity (Wildman–Crippen MR) is 71.1 cm³/mol. The number of aromatic nitrogens is 2. The van der Waals surface area contributed by atoms with Crippen LogP contribution in [-0.2, 0) is 4.74 Å². The lowest BCUT2D eigenvalue weighted by atomic mass is 10.3. The van der Waals surface area contributed by atoms with Crippen molar-refractivity contribution in [3.63, 3.8) is 0 Å². The van der Waals surface area contributed by atoms with Gasteiger partial charge in [-0.2, -0.15) is 0 Å². The summed E-state index contributed by atoms with van der Waals surface area (Å²) in [5.74, 6) is 3.35. The van der Waals surface area contributed by atoms with Crippen LogP contribution in [0.25, 0.3) is 11.0 Å². The number of carbonyl (C=O) groups excluding carboxylic acids is 1. The quantitative estimate of drug-likeness (QED) is 0.825. The van der Waals surface area contributed by atoms with E-state index in [9.17, 15) is 4.79 Å². The van der Waals surface area contributed by atoms with Crippen molar-refractivity contribution in [2.24, 2.45) is 0 Å². The van der Waals surface area contributed by atoms with Crippen LogP contribution in [-0.4, -0.2) is 29.3 Å². The first-order valence-electron chi connectivity index (χ1n) is 5.72. The number of aromatic amines is 1. The van der Waals surface area contributed by atoms with Crippen LogP contribution in [0.3, 0.4) is 0 Å². The molecular weight excluding hydrogens is 246 g/mol. The first kappa shape index (κ1) is 12.8. The molecule has 0 fully saturated rings. The average Bonchev–Trinajstić information content (AvgIpc) is 2.77. The van der Waals surface area contributed by atoms with Crippen LogP contribution in [0, 0.1) is 12.3 Å². The Morgan fingerprint density at radius 3 is 3.16 bits per heavy atom. The van der Waals surface area contributed by atoms with Gasteiger partial charge in [-0.3, -0.25) is 5.32 Å². The number of amides is 1. The molecule has 0 aliphatic rings. The van der Waals surface area contributed by atoms with Gasteiger partial charge in [-0.15, -0.1) is 6.42 Å². The molecule has 98 valence electrons. The molecule has 0 unspecified atom stereocenters. The number of imidazole rings is 1. The molecule has 1 aromatic heterocycles. The van der Waals surface area contributed by atoms with Gasteiger partial charge >= 0.3 is 6.09 Å². The van der Waals surface area contributed by atoms with Crippen molar-refractivity contribution in [1.82, 2.24) is 9.97 Å². The van der Waals surface area contributed by atoms with Gasteiger partial charge in [-0.1, -0.05) is 5.92 Å². The summed E-state index contributed by atoms with van der Waals surface area (Å²) in [6.07, 6.45) is 4.57. The Morgan fingerprint density at radius 1 is 1.58 bits per heavy atom. The zero-order valence-corrected chi connectivity index (χ0v) is 10.4. The summed E-state index contributed by atoms with van der Waals surface area (Å²) in [6, 6.07) is 5.29. The van der Waals surface area contributed by atoms with Gasteiger partial charge in [0.1, 0.15) is 12.4 Å². The standard InChI is InChI=1S/C13H13N3O3/c1-3-7-19-9-5-6-10-11(8-9)15-12(14-10)16-13(17)18-4-2/h1,5-6,8H,4,7H2,2H3,(H2,14,15,16,17). The highest BCUT2D eigenvalue weighted by Crippen LogP contribution is 2.20. The number of ether oxygens (including phenoxy) is 2. The summed E-state index contributed by atoms with van der Waals surface area (Å²) >= 11 is 0. The number of nitrogens with one attached hydrogen (secondary N) is 2. The third-order valence-electron chi connectivity index (χ3n) is 2.27. The fraction of sp³-hybridized carbons (Fsp3) is 0.231. The van der Waals surface area contributed by atoms with Gasteiger partial charge in [-0.05, 0) is 19.1 Å². The number of carbonyl (C=O) groups is 1. The minimum absolute atomic E-state index is 0.202. The van der Waals surface area contributed by atoms with Crippen molar-refractivity contribution in [3.05, 3.63) is 18.2 Å². The van der Waals surface area contributed by atoms with Crippen molar-refractivity contribution < 1.29 is 14.3 Å². The first-order valence-corrected chi connectivity index (χ1v) is 5.72. The molecule has 0 atom stereocenters. The van der Waals surface area contributed by atoms with Crippen LogP contribution in [0.1, 0.15) is 6.92 Å². The zero-order valence-electron chi connectivity index (χ0n) is 10.4. The Balaban J connectivity index is 2.16. The number of fused-ring (bicyclic) bond motifs is 1. The molecule has 1 aromatic carbocycles. The van der Waals surface area contributed by atoms with Gasteiger partial charge in [0.2, 0.25) is 5.95 Å². The molecular formula is C13H13N3O3. The number of benzene rings is 1. The Kier molecular flexibility index (Phi) is 3.88. The molecule has 0 saturated carbocycles. The molecule has 6 nitrogen and oxygen atoms in total. The molecule has 2 N–H and O–H groups in total. The van der Waals surface area contributed by atoms with E-state index in [2.05, 4.69) is 21.2 Å². The number of rotatable bonds is 4. The summed E-state index contributed by atoms with van der Waals surface area (Å²) in [6.45, 7) is 2.23. The summed E-state index contributed by atoms with van der Waals surface area (Å²) < 4.78 is 10.1. The number of nitrogens with zero attached hydrogens (tertiary/aromatic N) is 1. The highest BCUT2D eigenvalue weighted by Gasteiger charge is 2.07. The maximum Gasteiger partial charge on any atom is 0.413 e. The van der Waals surface area contributed by atoms with Crippen LogP contribution < -0.4 is 10.1 Å². The fourth-order valence-electron chi connectivity index (χ4n) is 1.53. The molecule has 2 rings (SSSR count). The van der Waals surface area contributed by atoms with Gasteiger partial charge in [0.15, 0.2) is 0 Å². The second kappa shape index (κ2) is 5.78. The first-order chi connectivity index (χ1) is 9.22. The van der Waals surface area contributed by atoms with E-state index in [-0.39, 0.29) is 6.61 Å². The predicted octanol–water partition coefficient (Wildman–Crippen LogP) is 2.14. The van der Waals surface area contributed by atoms with E-state index >= 15 is 0 Å². The second-order valence-corrected chi connectivity index (χ2v) is 3.60. The van der Waals surface area contributed by atoms with Crippen molar-refractivity contribution in [3.8, 4) is 18.1 Å². The highest BCUT2D eigenvalue weighted by molar-refractivity contribution is 5.86. The van der Waals surface area contributed by atoms with Crippen LogP contribution in [0.4, 0.5) is 10.7 Å². The minimum Gasteiger partial charge on any atom is -0.481 e. The monoisotopic (exact) mass is 259 g/mol. The smallest absolute Gasteiger partial charge is 0.413 e. The zero-order chi connectivity index (χ0) is 13.7. The van der Waals surface area contributed by atoms with Crippen LogP contribution in [0.2, 0.25) is 0 Å². The minimum atomic E-state index is -0.551. The molecule has 2 aromatic rings. The third kappa shape index (κ3) is 3.16. The Bertz CT molecular complexity index is 628. The molecule has 0 spiro atoms. The normalized spacial score (nSPS) is 9.89. The topological polar surface area (TPSA) is 76.2 Å². The molecule has 1 amide bonds. The van der Waals surface area contributed by atoms with Crippen molar-refractivity contribution in [1.29, 1.82) is 0 Å².